The molecule has 0 aromatic carbocycles. The zero-order chi connectivity index (χ0) is 42.1. The Bertz CT molecular complexity index is 1050. The highest BCUT2D eigenvalue weighted by Crippen LogP contribution is 2.14. The predicted molar refractivity (Wildman–Crippen MR) is 251 cm³/mol. The Balaban J connectivity index is 4.34. The molecule has 0 aliphatic heterocycles. The summed E-state index contributed by atoms with van der Waals surface area (Å²) >= 11 is 0. The van der Waals surface area contributed by atoms with Gasteiger partial charge >= 0.3 is 11.9 Å². The largest absolute Gasteiger partial charge is 0.462 e. The summed E-state index contributed by atoms with van der Waals surface area (Å²) in [7, 11) is 0. The molecule has 0 amide bonds. The van der Waals surface area contributed by atoms with Crippen LogP contribution in [0.4, 0.5) is 0 Å². The van der Waals surface area contributed by atoms with Gasteiger partial charge in [0, 0.05) is 19.4 Å². The Kier molecular flexibility index (Phi) is 46.5. The van der Waals surface area contributed by atoms with Gasteiger partial charge in [0.2, 0.25) is 0 Å². The first kappa shape index (κ1) is 55.3. The van der Waals surface area contributed by atoms with Gasteiger partial charge < -0.3 is 14.2 Å². The monoisotopic (exact) mass is 809 g/mol. The average molecular weight is 809 g/mol. The second-order valence-electron chi connectivity index (χ2n) is 16.0. The Morgan fingerprint density at radius 1 is 0.397 bits per heavy atom. The van der Waals surface area contributed by atoms with E-state index >= 15 is 0 Å². The smallest absolute Gasteiger partial charge is 0.306 e. The van der Waals surface area contributed by atoms with Crippen molar-refractivity contribution < 1.29 is 23.8 Å². The molecule has 0 bridgehead atoms. The maximum Gasteiger partial charge on any atom is 0.306 e. The van der Waals surface area contributed by atoms with Crippen LogP contribution in [0.25, 0.3) is 0 Å². The topological polar surface area (TPSA) is 61.8 Å². The van der Waals surface area contributed by atoms with Crippen LogP contribution in [0, 0.1) is 0 Å². The number of esters is 2. The number of carbonyl (C=O) groups excluding carboxylic acids is 2. The molecule has 0 aromatic rings. The summed E-state index contributed by atoms with van der Waals surface area (Å²) in [5.41, 5.74) is 0. The van der Waals surface area contributed by atoms with Gasteiger partial charge in [-0.15, -0.1) is 0 Å². The standard InChI is InChI=1S/C53H92O5/c1-4-7-10-13-16-19-22-25-26-27-30-33-36-39-42-45-48-56-49-51(58-53(55)47-44-41-38-35-32-29-24-21-18-15-12-9-6-3)50-57-52(54)46-43-40-37-34-31-28-23-20-17-14-11-8-5-2/h8,11-12,15,17,20-21,24,28,31,37,40,51H,4-7,9-10,13-14,16,18-19,22-23,25-27,29-30,32-36,38-39,41-50H2,1-3H3/b11-8-,15-12-,20-17-,24-21-,31-28-,40-37-. The minimum absolute atomic E-state index is 0.0413. The zero-order valence-electron chi connectivity index (χ0n) is 38.3. The maximum atomic E-state index is 12.7. The molecule has 1 unspecified atom stereocenters. The summed E-state index contributed by atoms with van der Waals surface area (Å²) in [6.07, 6.45) is 62.1. The highest BCUT2D eigenvalue weighted by molar-refractivity contribution is 5.70. The number of rotatable bonds is 44. The van der Waals surface area contributed by atoms with Gasteiger partial charge in [-0.25, -0.2) is 0 Å². The number of hydrogen-bond acceptors (Lipinski definition) is 5. The molecule has 0 radical (unpaired) electrons. The molecule has 0 N–H and O–H groups in total. The molecule has 0 fully saturated rings. The fourth-order valence-corrected chi connectivity index (χ4v) is 6.62. The van der Waals surface area contributed by atoms with Crippen LogP contribution < -0.4 is 0 Å². The second-order valence-corrected chi connectivity index (χ2v) is 16.0. The van der Waals surface area contributed by atoms with Gasteiger partial charge in [-0.3, -0.25) is 9.59 Å². The van der Waals surface area contributed by atoms with Crippen LogP contribution in [-0.2, 0) is 23.8 Å². The van der Waals surface area contributed by atoms with E-state index < -0.39 is 6.10 Å². The predicted octanol–water partition coefficient (Wildman–Crippen LogP) is 16.3. The Morgan fingerprint density at radius 3 is 1.38 bits per heavy atom. The summed E-state index contributed by atoms with van der Waals surface area (Å²) in [4.78, 5) is 25.3. The van der Waals surface area contributed by atoms with E-state index in [4.69, 9.17) is 14.2 Å². The van der Waals surface area contributed by atoms with Crippen LogP contribution >= 0.6 is 0 Å². The van der Waals surface area contributed by atoms with E-state index in [1.165, 1.54) is 109 Å². The van der Waals surface area contributed by atoms with Crippen molar-refractivity contribution in [2.24, 2.45) is 0 Å². The third-order valence-electron chi connectivity index (χ3n) is 10.2. The van der Waals surface area contributed by atoms with Crippen LogP contribution in [0.5, 0.6) is 0 Å². The first-order valence-electron chi connectivity index (χ1n) is 24.5. The van der Waals surface area contributed by atoms with Crippen molar-refractivity contribution in [2.75, 3.05) is 19.8 Å². The molecular formula is C53H92O5. The highest BCUT2D eigenvalue weighted by Gasteiger charge is 2.17. The average Bonchev–Trinajstić information content (AvgIpc) is 3.22. The van der Waals surface area contributed by atoms with Crippen molar-refractivity contribution in [3.05, 3.63) is 72.9 Å². The van der Waals surface area contributed by atoms with Crippen LogP contribution in [0.1, 0.15) is 226 Å². The molecule has 0 rings (SSSR count). The zero-order valence-corrected chi connectivity index (χ0v) is 38.3. The third-order valence-corrected chi connectivity index (χ3v) is 10.2. The highest BCUT2D eigenvalue weighted by atomic mass is 16.6. The summed E-state index contributed by atoms with van der Waals surface area (Å²) in [5.74, 6) is -0.505. The number of carbonyl (C=O) groups is 2. The van der Waals surface area contributed by atoms with E-state index in [1.54, 1.807) is 0 Å². The van der Waals surface area contributed by atoms with Crippen molar-refractivity contribution in [1.82, 2.24) is 0 Å². The van der Waals surface area contributed by atoms with E-state index in [0.29, 0.717) is 25.9 Å². The van der Waals surface area contributed by atoms with Gasteiger partial charge in [-0.2, -0.15) is 0 Å². The fraction of sp³-hybridized carbons (Fsp3) is 0.736. The first-order valence-corrected chi connectivity index (χ1v) is 24.5. The Morgan fingerprint density at radius 2 is 0.845 bits per heavy atom. The SMILES string of the molecule is CC/C=C\C/C=C\C/C=C\C/C=C\CCC(=O)OCC(COCCCCCCCCCCCCCCCCCC)OC(=O)CCCCCCC/C=C\C/C=C\CCC. The molecule has 1 atom stereocenters. The van der Waals surface area contributed by atoms with Crippen molar-refractivity contribution in [2.45, 2.75) is 232 Å². The minimum Gasteiger partial charge on any atom is -0.462 e. The van der Waals surface area contributed by atoms with Gasteiger partial charge in [0.1, 0.15) is 6.61 Å². The fourth-order valence-electron chi connectivity index (χ4n) is 6.62. The second kappa shape index (κ2) is 48.7. The van der Waals surface area contributed by atoms with Crippen LogP contribution in [-0.4, -0.2) is 37.9 Å². The maximum absolute atomic E-state index is 12.7. The van der Waals surface area contributed by atoms with Gasteiger partial charge in [-0.05, 0) is 70.6 Å². The van der Waals surface area contributed by atoms with E-state index in [1.807, 2.05) is 6.08 Å². The van der Waals surface area contributed by atoms with E-state index in [9.17, 15) is 9.59 Å². The summed E-state index contributed by atoms with van der Waals surface area (Å²) in [5, 5.41) is 0. The lowest BCUT2D eigenvalue weighted by Gasteiger charge is -2.18. The van der Waals surface area contributed by atoms with Crippen LogP contribution in [0.2, 0.25) is 0 Å². The van der Waals surface area contributed by atoms with Crippen molar-refractivity contribution in [1.29, 1.82) is 0 Å². The quantitative estimate of drug-likeness (QED) is 0.0348. The summed E-state index contributed by atoms with van der Waals surface area (Å²) in [6.45, 7) is 7.57. The number of ether oxygens (including phenoxy) is 3. The van der Waals surface area contributed by atoms with Crippen molar-refractivity contribution in [3.63, 3.8) is 0 Å². The molecular weight excluding hydrogens is 717 g/mol. The van der Waals surface area contributed by atoms with E-state index in [2.05, 4.69) is 87.6 Å². The van der Waals surface area contributed by atoms with Gasteiger partial charge in [0.15, 0.2) is 6.10 Å². The molecule has 58 heavy (non-hydrogen) atoms. The van der Waals surface area contributed by atoms with Gasteiger partial charge in [0.25, 0.3) is 0 Å². The Labute approximate surface area is 359 Å². The lowest BCUT2D eigenvalue weighted by molar-refractivity contribution is -0.162. The molecule has 0 spiro atoms. The summed E-state index contributed by atoms with van der Waals surface area (Å²) < 4.78 is 17.3. The normalized spacial score (nSPS) is 12.8. The van der Waals surface area contributed by atoms with Gasteiger partial charge in [0.05, 0.1) is 6.61 Å². The third kappa shape index (κ3) is 46.0. The van der Waals surface area contributed by atoms with Crippen LogP contribution in [0.15, 0.2) is 72.9 Å². The molecule has 0 aromatic heterocycles. The van der Waals surface area contributed by atoms with Crippen molar-refractivity contribution in [3.8, 4) is 0 Å². The first-order chi connectivity index (χ1) is 28.6. The lowest BCUT2D eigenvalue weighted by atomic mass is 10.0. The molecule has 0 aliphatic rings. The molecule has 0 aliphatic carbocycles. The van der Waals surface area contributed by atoms with Crippen molar-refractivity contribution >= 4 is 11.9 Å². The molecule has 0 heterocycles. The molecule has 0 saturated carbocycles. The van der Waals surface area contributed by atoms with Gasteiger partial charge in [-0.1, -0.05) is 216 Å². The number of unbranched alkanes of at least 4 members (excludes halogenated alkanes) is 21. The van der Waals surface area contributed by atoms with Crippen LogP contribution in [0.3, 0.4) is 0 Å². The summed E-state index contributed by atoms with van der Waals surface area (Å²) in [6, 6.07) is 0. The number of hydrogen-bond donors (Lipinski definition) is 0. The Hall–Kier alpha value is -2.66. The lowest BCUT2D eigenvalue weighted by Crippen LogP contribution is -2.30. The molecule has 0 saturated heterocycles. The minimum atomic E-state index is -0.571. The molecule has 5 heteroatoms. The number of allylic oxidation sites excluding steroid dienone is 12. The van der Waals surface area contributed by atoms with E-state index in [-0.39, 0.29) is 25.2 Å². The molecule has 5 nitrogen and oxygen atoms in total. The molecule has 334 valence electrons. The van der Waals surface area contributed by atoms with E-state index in [0.717, 1.165) is 77.0 Å².